The Labute approximate surface area is 182 Å². The van der Waals surface area contributed by atoms with Crippen molar-refractivity contribution in [2.24, 2.45) is 5.92 Å². The highest BCUT2D eigenvalue weighted by Crippen LogP contribution is 2.24. The number of hydrazine groups is 1. The van der Waals surface area contributed by atoms with Crippen LogP contribution >= 0.6 is 0 Å². The van der Waals surface area contributed by atoms with Gasteiger partial charge in [0.2, 0.25) is 11.8 Å². The lowest BCUT2D eigenvalue weighted by Crippen LogP contribution is -2.51. The molecule has 2 aromatic rings. The van der Waals surface area contributed by atoms with E-state index in [2.05, 4.69) is 21.2 Å². The molecule has 2 aliphatic rings. The molecular formula is C23H29N5O3. The molecule has 2 amide bonds. The van der Waals surface area contributed by atoms with Gasteiger partial charge in [0.1, 0.15) is 11.8 Å². The fraction of sp³-hybridized carbons (Fsp3) is 0.435. The highest BCUT2D eigenvalue weighted by atomic mass is 16.5. The van der Waals surface area contributed by atoms with E-state index in [9.17, 15) is 9.59 Å². The van der Waals surface area contributed by atoms with Crippen LogP contribution in [-0.4, -0.2) is 47.9 Å². The second kappa shape index (κ2) is 9.89. The highest BCUT2D eigenvalue weighted by molar-refractivity contribution is 5.84. The third-order valence-corrected chi connectivity index (χ3v) is 5.95. The fourth-order valence-corrected chi connectivity index (χ4v) is 4.22. The second-order valence-corrected chi connectivity index (χ2v) is 8.08. The summed E-state index contributed by atoms with van der Waals surface area (Å²) in [6.07, 6.45) is 4.01. The number of carbonyl (C=O) groups excluding carboxylic acids is 2. The predicted molar refractivity (Wildman–Crippen MR) is 116 cm³/mol. The van der Waals surface area contributed by atoms with Crippen molar-refractivity contribution in [2.75, 3.05) is 20.2 Å². The molecule has 0 saturated carbocycles. The minimum absolute atomic E-state index is 0.00176. The van der Waals surface area contributed by atoms with Crippen LogP contribution in [0.1, 0.15) is 36.6 Å². The van der Waals surface area contributed by atoms with Crippen LogP contribution in [0.25, 0.3) is 0 Å². The van der Waals surface area contributed by atoms with E-state index >= 15 is 0 Å². The Morgan fingerprint density at radius 3 is 2.94 bits per heavy atom. The predicted octanol–water partition coefficient (Wildman–Crippen LogP) is 1.55. The summed E-state index contributed by atoms with van der Waals surface area (Å²) in [5, 5.41) is 3.01. The largest absolute Gasteiger partial charge is 0.497 e. The van der Waals surface area contributed by atoms with E-state index in [0.717, 1.165) is 29.8 Å². The van der Waals surface area contributed by atoms with Gasteiger partial charge in [-0.1, -0.05) is 18.2 Å². The van der Waals surface area contributed by atoms with Gasteiger partial charge in [0.05, 0.1) is 24.8 Å². The molecule has 2 aliphatic heterocycles. The van der Waals surface area contributed by atoms with Crippen LogP contribution in [-0.2, 0) is 16.1 Å². The Morgan fingerprint density at radius 2 is 2.13 bits per heavy atom. The molecule has 1 aromatic carbocycles. The number of likely N-dealkylation sites (tertiary alicyclic amines) is 1. The zero-order chi connectivity index (χ0) is 21.6. The van der Waals surface area contributed by atoms with Crippen molar-refractivity contribution in [1.82, 2.24) is 26.1 Å². The van der Waals surface area contributed by atoms with Crippen LogP contribution < -0.4 is 20.9 Å². The van der Waals surface area contributed by atoms with Gasteiger partial charge in [-0.15, -0.1) is 0 Å². The highest BCUT2D eigenvalue weighted by Gasteiger charge is 2.36. The molecule has 3 heterocycles. The van der Waals surface area contributed by atoms with E-state index in [4.69, 9.17) is 4.74 Å². The Morgan fingerprint density at radius 1 is 1.23 bits per heavy atom. The molecule has 164 valence electrons. The van der Waals surface area contributed by atoms with Crippen molar-refractivity contribution in [2.45, 2.75) is 37.9 Å². The molecule has 2 fully saturated rings. The molecule has 0 bridgehead atoms. The molecule has 3 N–H and O–H groups in total. The molecule has 3 unspecified atom stereocenters. The molecule has 0 spiro atoms. The number of pyridine rings is 1. The van der Waals surface area contributed by atoms with Gasteiger partial charge < -0.3 is 15.0 Å². The van der Waals surface area contributed by atoms with Crippen LogP contribution in [0.4, 0.5) is 0 Å². The van der Waals surface area contributed by atoms with Crippen molar-refractivity contribution >= 4 is 11.8 Å². The molecule has 0 aliphatic carbocycles. The summed E-state index contributed by atoms with van der Waals surface area (Å²) in [7, 11) is 1.62. The second-order valence-electron chi connectivity index (χ2n) is 8.08. The summed E-state index contributed by atoms with van der Waals surface area (Å²) in [5.74, 6) is 0.604. The first-order valence-corrected chi connectivity index (χ1v) is 10.8. The number of methoxy groups -OCH3 is 1. The first-order valence-electron chi connectivity index (χ1n) is 10.8. The van der Waals surface area contributed by atoms with E-state index in [1.807, 2.05) is 47.4 Å². The molecule has 31 heavy (non-hydrogen) atoms. The van der Waals surface area contributed by atoms with Gasteiger partial charge in [0.25, 0.3) is 0 Å². The van der Waals surface area contributed by atoms with Crippen LogP contribution in [0.2, 0.25) is 0 Å². The zero-order valence-corrected chi connectivity index (χ0v) is 17.7. The number of hydrogen-bond donors (Lipinski definition) is 3. The molecule has 3 atom stereocenters. The lowest BCUT2D eigenvalue weighted by atomic mass is 9.96. The molecule has 8 heteroatoms. The fourth-order valence-electron chi connectivity index (χ4n) is 4.22. The third kappa shape index (κ3) is 5.21. The smallest absolute Gasteiger partial charge is 0.241 e. The Hall–Kier alpha value is -2.97. The Balaban J connectivity index is 1.29. The number of rotatable bonds is 6. The maximum Gasteiger partial charge on any atom is 0.241 e. The van der Waals surface area contributed by atoms with Crippen LogP contribution in [0, 0.1) is 5.92 Å². The number of carbonyl (C=O) groups is 2. The van der Waals surface area contributed by atoms with E-state index in [-0.39, 0.29) is 29.8 Å². The summed E-state index contributed by atoms with van der Waals surface area (Å²) in [6.45, 7) is 1.58. The minimum Gasteiger partial charge on any atom is -0.497 e. The number of benzene rings is 1. The average molecular weight is 424 g/mol. The maximum atomic E-state index is 13.1. The molecule has 2 saturated heterocycles. The summed E-state index contributed by atoms with van der Waals surface area (Å²) in [6, 6.07) is 13.1. The Bertz CT molecular complexity index is 907. The lowest BCUT2D eigenvalue weighted by molar-refractivity contribution is -0.137. The molecule has 8 nitrogen and oxygen atoms in total. The standard InChI is InChI=1S/C23H29N5O3/c1-31-18-8-4-6-16(12-18)14-25-22(29)17-7-5-11-28(15-17)23(30)21-13-20(26-27-21)19-9-2-3-10-24-19/h2-4,6,8-10,12,17,20-21,26-27H,5,7,11,13-15H2,1H3,(H,25,29). The average Bonchev–Trinajstić information content (AvgIpc) is 3.33. The number of ether oxygens (including phenoxy) is 1. The summed E-state index contributed by atoms with van der Waals surface area (Å²) >= 11 is 0. The van der Waals surface area contributed by atoms with Gasteiger partial charge in [-0.3, -0.25) is 14.6 Å². The van der Waals surface area contributed by atoms with Crippen LogP contribution in [0.3, 0.4) is 0 Å². The van der Waals surface area contributed by atoms with E-state index < -0.39 is 0 Å². The number of amides is 2. The van der Waals surface area contributed by atoms with E-state index in [1.165, 1.54) is 0 Å². The van der Waals surface area contributed by atoms with E-state index in [1.54, 1.807) is 13.3 Å². The summed E-state index contributed by atoms with van der Waals surface area (Å²) in [4.78, 5) is 32.0. The van der Waals surface area contributed by atoms with Crippen molar-refractivity contribution in [3.63, 3.8) is 0 Å². The quantitative estimate of drug-likeness (QED) is 0.653. The van der Waals surface area contributed by atoms with Crippen molar-refractivity contribution < 1.29 is 14.3 Å². The monoisotopic (exact) mass is 423 g/mol. The molecular weight excluding hydrogens is 394 g/mol. The summed E-state index contributed by atoms with van der Waals surface area (Å²) in [5.41, 5.74) is 8.19. The van der Waals surface area contributed by atoms with Gasteiger partial charge in [-0.05, 0) is 49.1 Å². The normalized spacial score (nSPS) is 23.4. The molecule has 0 radical (unpaired) electrons. The van der Waals surface area contributed by atoms with Gasteiger partial charge in [0, 0.05) is 25.8 Å². The topological polar surface area (TPSA) is 95.6 Å². The number of nitrogens with one attached hydrogen (secondary N) is 3. The number of aromatic nitrogens is 1. The molecule has 4 rings (SSSR count). The molecule has 1 aromatic heterocycles. The summed E-state index contributed by atoms with van der Waals surface area (Å²) < 4.78 is 5.23. The number of hydrogen-bond acceptors (Lipinski definition) is 6. The first kappa shape index (κ1) is 21.3. The van der Waals surface area contributed by atoms with E-state index in [0.29, 0.717) is 26.1 Å². The van der Waals surface area contributed by atoms with Gasteiger partial charge in [-0.2, -0.15) is 0 Å². The van der Waals surface area contributed by atoms with Gasteiger partial charge in [0.15, 0.2) is 0 Å². The first-order chi connectivity index (χ1) is 15.1. The van der Waals surface area contributed by atoms with Crippen molar-refractivity contribution in [1.29, 1.82) is 0 Å². The minimum atomic E-state index is -0.314. The number of nitrogens with zero attached hydrogens (tertiary/aromatic N) is 2. The van der Waals surface area contributed by atoms with Crippen molar-refractivity contribution in [3.05, 3.63) is 59.9 Å². The number of piperidine rings is 1. The van der Waals surface area contributed by atoms with Crippen molar-refractivity contribution in [3.8, 4) is 5.75 Å². The van der Waals surface area contributed by atoms with Crippen LogP contribution in [0.15, 0.2) is 48.7 Å². The van der Waals surface area contributed by atoms with Gasteiger partial charge >= 0.3 is 0 Å². The lowest BCUT2D eigenvalue weighted by Gasteiger charge is -2.33. The maximum absolute atomic E-state index is 13.1. The zero-order valence-electron chi connectivity index (χ0n) is 17.7. The third-order valence-electron chi connectivity index (χ3n) is 5.95. The van der Waals surface area contributed by atoms with Crippen LogP contribution in [0.5, 0.6) is 5.75 Å². The Kier molecular flexibility index (Phi) is 6.79. The SMILES string of the molecule is COc1cccc(CNC(=O)C2CCCN(C(=O)C3CC(c4ccccn4)NN3)C2)c1. The van der Waals surface area contributed by atoms with Gasteiger partial charge in [-0.25, -0.2) is 10.9 Å².